The van der Waals surface area contributed by atoms with Crippen LogP contribution in [0.3, 0.4) is 0 Å². The molecule has 0 aromatic heterocycles. The average Bonchev–Trinajstić information content (AvgIpc) is 3.42. The number of amides is 5. The number of sulfonamides is 1. The van der Waals surface area contributed by atoms with Crippen LogP contribution >= 0.6 is 0 Å². The van der Waals surface area contributed by atoms with Crippen LogP contribution in [0, 0.1) is 40.9 Å². The summed E-state index contributed by atoms with van der Waals surface area (Å²) in [6.07, 6.45) is 8.99. The van der Waals surface area contributed by atoms with E-state index < -0.39 is 69.1 Å². The molecule has 52 heavy (non-hydrogen) atoms. The number of ketones is 1. The first-order valence-electron chi connectivity index (χ1n) is 18.1. The molecule has 1 saturated heterocycles. The predicted octanol–water partition coefficient (Wildman–Crippen LogP) is 1.85. The Balaban J connectivity index is 1.62. The van der Waals surface area contributed by atoms with Gasteiger partial charge in [-0.15, -0.1) is 6.42 Å². The second-order valence-electron chi connectivity index (χ2n) is 16.3. The van der Waals surface area contributed by atoms with Gasteiger partial charge in [-0.2, -0.15) is 0 Å². The first-order chi connectivity index (χ1) is 24.2. The molecule has 1 aromatic carbocycles. The summed E-state index contributed by atoms with van der Waals surface area (Å²) in [5.41, 5.74) is 1.39. The fourth-order valence-electron chi connectivity index (χ4n) is 7.78. The lowest BCUT2D eigenvalue weighted by atomic mass is 9.86. The van der Waals surface area contributed by atoms with Gasteiger partial charge in [0.1, 0.15) is 12.1 Å². The number of benzene rings is 1. The number of likely N-dealkylation sites (N-methyl/N-ethyl adjacent to an activating group) is 1. The molecule has 3 aliphatic rings. The Bertz CT molecular complexity index is 1670. The van der Waals surface area contributed by atoms with E-state index in [2.05, 4.69) is 27.2 Å². The Morgan fingerprint density at radius 1 is 1.06 bits per heavy atom. The molecule has 0 spiro atoms. The second kappa shape index (κ2) is 16.0. The van der Waals surface area contributed by atoms with Crippen molar-refractivity contribution >= 4 is 39.6 Å². The maximum atomic E-state index is 14.8. The SMILES string of the molecule is C#CCNC(=O)C(=O)C(CCCC)NC(=O)[C@@H]1[C@@H]2[C@H](CN1C(=O)[C@@H](NC(=O)N[C@H](CN(C)S(C)(=O)=O)C(C)(C)C)C1Cc3ccccc3C1)C2(C)C. The summed E-state index contributed by atoms with van der Waals surface area (Å²) < 4.78 is 25.7. The van der Waals surface area contributed by atoms with Crippen molar-refractivity contribution in [2.24, 2.45) is 28.6 Å². The van der Waals surface area contributed by atoms with Crippen LogP contribution < -0.4 is 21.3 Å². The van der Waals surface area contributed by atoms with Crippen molar-refractivity contribution in [1.82, 2.24) is 30.5 Å². The number of Topliss-reactive ketones (excluding diaryl/α,β-unsaturated/α-hetero) is 1. The molecule has 2 aliphatic carbocycles. The minimum atomic E-state index is -3.53. The molecule has 1 aromatic rings. The Hall–Kier alpha value is -3.96. The van der Waals surface area contributed by atoms with Gasteiger partial charge in [0.05, 0.1) is 18.8 Å². The van der Waals surface area contributed by atoms with Crippen LogP contribution in [0.2, 0.25) is 0 Å². The number of hydrogen-bond donors (Lipinski definition) is 4. The van der Waals surface area contributed by atoms with Gasteiger partial charge in [0.25, 0.3) is 5.91 Å². The summed E-state index contributed by atoms with van der Waals surface area (Å²) in [4.78, 5) is 70.1. The van der Waals surface area contributed by atoms with Crippen molar-refractivity contribution in [2.45, 2.75) is 97.8 Å². The van der Waals surface area contributed by atoms with E-state index in [1.165, 1.54) is 11.4 Å². The van der Waals surface area contributed by atoms with Crippen LogP contribution in [0.15, 0.2) is 24.3 Å². The molecule has 6 atom stereocenters. The van der Waals surface area contributed by atoms with Crippen molar-refractivity contribution < 1.29 is 32.4 Å². The van der Waals surface area contributed by atoms with E-state index in [9.17, 15) is 32.4 Å². The highest BCUT2D eigenvalue weighted by molar-refractivity contribution is 7.88. The van der Waals surface area contributed by atoms with Crippen molar-refractivity contribution in [3.63, 3.8) is 0 Å². The maximum absolute atomic E-state index is 14.8. The minimum Gasteiger partial charge on any atom is -0.344 e. The van der Waals surface area contributed by atoms with Crippen LogP contribution in [0.5, 0.6) is 0 Å². The number of fused-ring (bicyclic) bond motifs is 2. The Kier molecular flexibility index (Phi) is 12.5. The predicted molar refractivity (Wildman–Crippen MR) is 198 cm³/mol. The summed E-state index contributed by atoms with van der Waals surface area (Å²) in [6, 6.07) is 3.64. The number of likely N-dealkylation sites (tertiary alicyclic amines) is 1. The highest BCUT2D eigenvalue weighted by Crippen LogP contribution is 2.65. The Morgan fingerprint density at radius 3 is 2.21 bits per heavy atom. The number of hydrogen-bond acceptors (Lipinski definition) is 7. The summed E-state index contributed by atoms with van der Waals surface area (Å²) in [5.74, 6) is -0.784. The molecule has 4 rings (SSSR count). The quantitative estimate of drug-likeness (QED) is 0.157. The average molecular weight is 741 g/mol. The van der Waals surface area contributed by atoms with Crippen molar-refractivity contribution in [2.75, 3.05) is 32.9 Å². The highest BCUT2D eigenvalue weighted by atomic mass is 32.2. The third-order valence-electron chi connectivity index (χ3n) is 11.3. The summed E-state index contributed by atoms with van der Waals surface area (Å²) in [5, 5.41) is 11.1. The second-order valence-corrected chi connectivity index (χ2v) is 18.4. The van der Waals surface area contributed by atoms with E-state index in [1.54, 1.807) is 4.90 Å². The molecule has 0 radical (unpaired) electrons. The normalized spacial score (nSPS) is 22.3. The van der Waals surface area contributed by atoms with Crippen LogP contribution in [-0.4, -0.2) is 104 Å². The van der Waals surface area contributed by atoms with Crippen LogP contribution in [0.4, 0.5) is 4.79 Å². The van der Waals surface area contributed by atoms with E-state index >= 15 is 0 Å². The molecule has 13 nitrogen and oxygen atoms in total. The van der Waals surface area contributed by atoms with Gasteiger partial charge in [-0.3, -0.25) is 19.2 Å². The molecule has 4 N–H and O–H groups in total. The molecule has 1 heterocycles. The standard InChI is InChI=1S/C38H56N6O7S/c1-10-12-17-27(32(45)34(47)39-18-11-2)40-33(46)31-29-26(38(29,6)7)21-44(31)35(48)30(25-19-23-15-13-14-16-24(23)20-25)42-36(49)41-28(37(3,4)5)22-43(8)52(9,50)51/h2,13-16,25-31H,10,12,17-22H2,1,3-9H3,(H,39,47)(H,40,46)(H2,41,42,49)/t26-,27?,28+,29-,30-,31-/m0/s1. The van der Waals surface area contributed by atoms with Crippen molar-refractivity contribution in [1.29, 1.82) is 0 Å². The largest absolute Gasteiger partial charge is 0.344 e. The molecular weight excluding hydrogens is 685 g/mol. The molecule has 14 heteroatoms. The molecule has 286 valence electrons. The molecule has 2 fully saturated rings. The zero-order chi connectivity index (χ0) is 38.8. The van der Waals surface area contributed by atoms with Gasteiger partial charge < -0.3 is 26.2 Å². The Morgan fingerprint density at radius 2 is 1.67 bits per heavy atom. The van der Waals surface area contributed by atoms with E-state index in [0.717, 1.165) is 23.8 Å². The third kappa shape index (κ3) is 9.15. The molecule has 1 saturated carbocycles. The van der Waals surface area contributed by atoms with Gasteiger partial charge in [0.2, 0.25) is 27.6 Å². The number of rotatable bonds is 15. The topological polar surface area (TPSA) is 174 Å². The van der Waals surface area contributed by atoms with Crippen LogP contribution in [-0.2, 0) is 42.0 Å². The van der Waals surface area contributed by atoms with Gasteiger partial charge >= 0.3 is 6.03 Å². The van der Waals surface area contributed by atoms with Gasteiger partial charge in [0.15, 0.2) is 0 Å². The monoisotopic (exact) mass is 740 g/mol. The highest BCUT2D eigenvalue weighted by Gasteiger charge is 2.69. The fraction of sp³-hybridized carbons (Fsp3) is 0.658. The van der Waals surface area contributed by atoms with Crippen molar-refractivity contribution in [3.8, 4) is 12.3 Å². The number of nitrogens with zero attached hydrogens (tertiary/aromatic N) is 2. The van der Waals surface area contributed by atoms with Gasteiger partial charge in [-0.1, -0.05) is 84.6 Å². The maximum Gasteiger partial charge on any atom is 0.315 e. The number of urea groups is 1. The van der Waals surface area contributed by atoms with E-state index in [-0.39, 0.29) is 42.7 Å². The van der Waals surface area contributed by atoms with Crippen LogP contribution in [0.25, 0.3) is 0 Å². The smallest absolute Gasteiger partial charge is 0.315 e. The number of unbranched alkanes of at least 4 members (excludes halogenated alkanes) is 1. The molecule has 1 aliphatic heterocycles. The van der Waals surface area contributed by atoms with Crippen molar-refractivity contribution in [3.05, 3.63) is 35.4 Å². The fourth-order valence-corrected chi connectivity index (χ4v) is 8.20. The van der Waals surface area contributed by atoms with Gasteiger partial charge in [0, 0.05) is 26.2 Å². The summed E-state index contributed by atoms with van der Waals surface area (Å²) >= 11 is 0. The lowest BCUT2D eigenvalue weighted by Crippen LogP contribution is -2.61. The van der Waals surface area contributed by atoms with Gasteiger partial charge in [-0.05, 0) is 59.0 Å². The molecule has 5 amide bonds. The summed E-state index contributed by atoms with van der Waals surface area (Å²) in [6.45, 7) is 11.9. The molecule has 0 bridgehead atoms. The molecule has 1 unspecified atom stereocenters. The number of carbonyl (C=O) groups is 5. The first kappa shape index (κ1) is 40.8. The van der Waals surface area contributed by atoms with Gasteiger partial charge in [-0.25, -0.2) is 17.5 Å². The minimum absolute atomic E-state index is 0.0225. The number of piperidine rings is 1. The lowest BCUT2D eigenvalue weighted by molar-refractivity contribution is -0.144. The first-order valence-corrected chi connectivity index (χ1v) is 20.0. The van der Waals surface area contributed by atoms with Crippen LogP contribution in [0.1, 0.15) is 71.9 Å². The Labute approximate surface area is 308 Å². The number of carbonyl (C=O) groups excluding carboxylic acids is 5. The van der Waals surface area contributed by atoms with E-state index in [4.69, 9.17) is 6.42 Å². The van der Waals surface area contributed by atoms with E-state index in [1.807, 2.05) is 65.8 Å². The zero-order valence-corrected chi connectivity index (χ0v) is 32.6. The number of terminal acetylenes is 1. The molecular formula is C38H56N6O7S. The summed E-state index contributed by atoms with van der Waals surface area (Å²) in [7, 11) is -2.08. The third-order valence-corrected chi connectivity index (χ3v) is 12.6. The number of nitrogens with one attached hydrogen (secondary N) is 4. The zero-order valence-electron chi connectivity index (χ0n) is 31.7. The lowest BCUT2D eigenvalue weighted by Gasteiger charge is -2.37. The van der Waals surface area contributed by atoms with E-state index in [0.29, 0.717) is 25.8 Å².